The molecule has 1 atom stereocenters. The fourth-order valence-electron chi connectivity index (χ4n) is 1.65. The highest BCUT2D eigenvalue weighted by Crippen LogP contribution is 2.42. The molecule has 1 aliphatic rings. The van der Waals surface area contributed by atoms with E-state index in [2.05, 4.69) is 34.7 Å². The van der Waals surface area contributed by atoms with Gasteiger partial charge in [0.25, 0.3) is 0 Å². The molecular formula is C12H15NS. The second kappa shape index (κ2) is 4.63. The predicted octanol–water partition coefficient (Wildman–Crippen LogP) is 2.81. The number of hydrogen-bond donors (Lipinski definition) is 1. The topological polar surface area (TPSA) is 12.0 Å². The summed E-state index contributed by atoms with van der Waals surface area (Å²) in [5.74, 6) is 6.84. The van der Waals surface area contributed by atoms with Crippen LogP contribution in [0.4, 0.5) is 0 Å². The Morgan fingerprint density at radius 2 is 2.50 bits per heavy atom. The third-order valence-electron chi connectivity index (χ3n) is 2.53. The van der Waals surface area contributed by atoms with Crippen LogP contribution in [0.5, 0.6) is 0 Å². The molecule has 1 N–H and O–H groups in total. The summed E-state index contributed by atoms with van der Waals surface area (Å²) in [4.78, 5) is 1.46. The Bertz CT molecular complexity index is 327. The van der Waals surface area contributed by atoms with Gasteiger partial charge < -0.3 is 0 Å². The monoisotopic (exact) mass is 205 g/mol. The molecule has 1 aromatic rings. The summed E-state index contributed by atoms with van der Waals surface area (Å²) in [7, 11) is 0. The van der Waals surface area contributed by atoms with Crippen LogP contribution < -0.4 is 5.32 Å². The van der Waals surface area contributed by atoms with Crippen molar-refractivity contribution in [2.75, 3.05) is 6.54 Å². The van der Waals surface area contributed by atoms with Gasteiger partial charge >= 0.3 is 0 Å². The van der Waals surface area contributed by atoms with Gasteiger partial charge in [-0.1, -0.05) is 12.0 Å². The van der Waals surface area contributed by atoms with E-state index in [-0.39, 0.29) is 0 Å². The highest BCUT2D eigenvalue weighted by Gasteiger charge is 2.32. The van der Waals surface area contributed by atoms with Crippen LogP contribution in [0, 0.1) is 17.8 Å². The highest BCUT2D eigenvalue weighted by molar-refractivity contribution is 7.10. The lowest BCUT2D eigenvalue weighted by atomic mass is 10.1. The standard InChI is InChI=1S/C12H15NS/c1-2-3-8-13-12(10-6-7-10)11-5-4-9-14-11/h4-5,9-10,12-13H,6-8H2,1H3. The van der Waals surface area contributed by atoms with E-state index in [1.807, 2.05) is 18.3 Å². The molecule has 14 heavy (non-hydrogen) atoms. The highest BCUT2D eigenvalue weighted by atomic mass is 32.1. The number of rotatable bonds is 4. The molecule has 2 rings (SSSR count). The van der Waals surface area contributed by atoms with Crippen molar-refractivity contribution >= 4 is 11.3 Å². The van der Waals surface area contributed by atoms with Crippen LogP contribution in [0.3, 0.4) is 0 Å². The number of nitrogens with one attached hydrogen (secondary N) is 1. The van der Waals surface area contributed by atoms with Gasteiger partial charge in [0.1, 0.15) is 0 Å². The lowest BCUT2D eigenvalue weighted by molar-refractivity contribution is 0.519. The maximum Gasteiger partial charge on any atom is 0.0581 e. The van der Waals surface area contributed by atoms with Gasteiger partial charge in [0.2, 0.25) is 0 Å². The Morgan fingerprint density at radius 1 is 1.64 bits per heavy atom. The van der Waals surface area contributed by atoms with Crippen molar-refractivity contribution in [3.05, 3.63) is 22.4 Å². The first-order valence-corrected chi connectivity index (χ1v) is 5.96. The second-order valence-corrected chi connectivity index (χ2v) is 4.62. The molecule has 1 aliphatic carbocycles. The minimum absolute atomic E-state index is 0.552. The Hall–Kier alpha value is -0.780. The molecule has 1 fully saturated rings. The number of thiophene rings is 1. The quantitative estimate of drug-likeness (QED) is 0.745. The van der Waals surface area contributed by atoms with E-state index in [1.54, 1.807) is 0 Å². The first-order valence-electron chi connectivity index (χ1n) is 5.08. The minimum Gasteiger partial charge on any atom is -0.298 e. The second-order valence-electron chi connectivity index (χ2n) is 3.64. The Balaban J connectivity index is 1.96. The summed E-state index contributed by atoms with van der Waals surface area (Å²) >= 11 is 1.85. The average molecular weight is 205 g/mol. The first-order chi connectivity index (χ1) is 6.92. The molecule has 0 amide bonds. The van der Waals surface area contributed by atoms with Crippen molar-refractivity contribution in [2.45, 2.75) is 25.8 Å². The van der Waals surface area contributed by atoms with Gasteiger partial charge in [-0.2, -0.15) is 0 Å². The van der Waals surface area contributed by atoms with Crippen LogP contribution in [0.1, 0.15) is 30.7 Å². The van der Waals surface area contributed by atoms with Gasteiger partial charge in [-0.3, -0.25) is 5.32 Å². The van der Waals surface area contributed by atoms with Gasteiger partial charge in [0.05, 0.1) is 6.54 Å². The largest absolute Gasteiger partial charge is 0.298 e. The maximum absolute atomic E-state index is 3.52. The van der Waals surface area contributed by atoms with Crippen LogP contribution >= 0.6 is 11.3 Å². The predicted molar refractivity (Wildman–Crippen MR) is 61.2 cm³/mol. The molecule has 0 spiro atoms. The third-order valence-corrected chi connectivity index (χ3v) is 3.49. The Morgan fingerprint density at radius 3 is 3.07 bits per heavy atom. The molecule has 1 nitrogen and oxygen atoms in total. The van der Waals surface area contributed by atoms with E-state index in [0.29, 0.717) is 6.04 Å². The minimum atomic E-state index is 0.552. The zero-order valence-electron chi connectivity index (χ0n) is 8.42. The van der Waals surface area contributed by atoms with Crippen molar-refractivity contribution in [3.63, 3.8) is 0 Å². The summed E-state index contributed by atoms with van der Waals surface area (Å²) in [5.41, 5.74) is 0. The van der Waals surface area contributed by atoms with Crippen molar-refractivity contribution in [2.24, 2.45) is 5.92 Å². The van der Waals surface area contributed by atoms with Crippen LogP contribution in [0.25, 0.3) is 0 Å². The van der Waals surface area contributed by atoms with E-state index >= 15 is 0 Å². The number of hydrogen-bond acceptors (Lipinski definition) is 2. The zero-order chi connectivity index (χ0) is 9.80. The maximum atomic E-state index is 3.52. The van der Waals surface area contributed by atoms with Crippen LogP contribution in [-0.2, 0) is 0 Å². The molecule has 1 heterocycles. The van der Waals surface area contributed by atoms with Crippen molar-refractivity contribution in [1.82, 2.24) is 5.32 Å². The first kappa shape index (κ1) is 9.76. The van der Waals surface area contributed by atoms with Crippen LogP contribution in [0.2, 0.25) is 0 Å². The summed E-state index contributed by atoms with van der Waals surface area (Å²) in [6.07, 6.45) is 2.74. The summed E-state index contributed by atoms with van der Waals surface area (Å²) in [6, 6.07) is 4.90. The molecule has 0 aromatic carbocycles. The summed E-state index contributed by atoms with van der Waals surface area (Å²) < 4.78 is 0. The summed E-state index contributed by atoms with van der Waals surface area (Å²) in [6.45, 7) is 2.70. The lowest BCUT2D eigenvalue weighted by Crippen LogP contribution is -2.22. The Labute approximate surface area is 89.5 Å². The fourth-order valence-corrected chi connectivity index (χ4v) is 2.54. The van der Waals surface area contributed by atoms with Crippen molar-refractivity contribution < 1.29 is 0 Å². The van der Waals surface area contributed by atoms with Crippen LogP contribution in [-0.4, -0.2) is 6.54 Å². The molecule has 2 heteroatoms. The van der Waals surface area contributed by atoms with Gasteiger partial charge in [-0.15, -0.1) is 17.3 Å². The smallest absolute Gasteiger partial charge is 0.0581 e. The lowest BCUT2D eigenvalue weighted by Gasteiger charge is -2.14. The average Bonchev–Trinajstić information content (AvgIpc) is 2.88. The fraction of sp³-hybridized carbons (Fsp3) is 0.500. The molecule has 0 saturated heterocycles. The summed E-state index contributed by atoms with van der Waals surface area (Å²) in [5, 5.41) is 5.67. The van der Waals surface area contributed by atoms with E-state index in [9.17, 15) is 0 Å². The van der Waals surface area contributed by atoms with E-state index in [0.717, 1.165) is 12.5 Å². The van der Waals surface area contributed by atoms with E-state index < -0.39 is 0 Å². The normalized spacial score (nSPS) is 17.2. The van der Waals surface area contributed by atoms with Crippen molar-refractivity contribution in [3.8, 4) is 11.8 Å². The van der Waals surface area contributed by atoms with Crippen LogP contribution in [0.15, 0.2) is 17.5 Å². The Kier molecular flexibility index (Phi) is 3.23. The SMILES string of the molecule is CC#CCNC(c1cccs1)C1CC1. The molecule has 1 saturated carbocycles. The van der Waals surface area contributed by atoms with Gasteiger partial charge in [-0.05, 0) is 37.1 Å². The molecule has 74 valence electrons. The van der Waals surface area contributed by atoms with E-state index in [1.165, 1.54) is 17.7 Å². The van der Waals surface area contributed by atoms with E-state index in [4.69, 9.17) is 0 Å². The molecule has 0 bridgehead atoms. The van der Waals surface area contributed by atoms with Gasteiger partial charge in [-0.25, -0.2) is 0 Å². The molecule has 0 aliphatic heterocycles. The van der Waals surface area contributed by atoms with Gasteiger partial charge in [0, 0.05) is 10.9 Å². The third kappa shape index (κ3) is 2.37. The molecule has 0 radical (unpaired) electrons. The molecule has 1 aromatic heterocycles. The molecular weight excluding hydrogens is 190 g/mol. The molecule has 1 unspecified atom stereocenters. The van der Waals surface area contributed by atoms with Crippen molar-refractivity contribution in [1.29, 1.82) is 0 Å². The zero-order valence-corrected chi connectivity index (χ0v) is 9.23. The van der Waals surface area contributed by atoms with Gasteiger partial charge in [0.15, 0.2) is 0 Å².